The van der Waals surface area contributed by atoms with E-state index in [1.165, 1.54) is 7.05 Å². The Morgan fingerprint density at radius 3 is 2.83 bits per heavy atom. The summed E-state index contributed by atoms with van der Waals surface area (Å²) in [4.78, 5) is 1.10. The first-order chi connectivity index (χ1) is 5.66. The van der Waals surface area contributed by atoms with E-state index < -0.39 is 0 Å². The molecule has 0 spiro atoms. The molecule has 2 aromatic heterocycles. The fraction of sp³-hybridized carbons (Fsp3) is 0.333. The van der Waals surface area contributed by atoms with E-state index in [0.717, 1.165) is 4.80 Å². The average molecular weight is 169 g/mol. The summed E-state index contributed by atoms with van der Waals surface area (Å²) in [6, 6.07) is 0. The van der Waals surface area contributed by atoms with E-state index in [0.29, 0.717) is 0 Å². The van der Waals surface area contributed by atoms with Crippen molar-refractivity contribution in [2.45, 2.75) is 0 Å². The predicted octanol–water partition coefficient (Wildman–Crippen LogP) is -2.97. The second kappa shape index (κ2) is 1.96. The van der Waals surface area contributed by atoms with Gasteiger partial charge in [-0.05, 0) is 0 Å². The van der Waals surface area contributed by atoms with Gasteiger partial charge in [0, 0.05) is 11.9 Å². The van der Waals surface area contributed by atoms with Crippen LogP contribution in [0, 0.1) is 10.4 Å². The minimum Gasteiger partial charge on any atom is -0.588 e. The molecule has 12 heavy (non-hydrogen) atoms. The van der Waals surface area contributed by atoms with Crippen molar-refractivity contribution in [1.82, 2.24) is 25.3 Å². The molecule has 0 N–H and O–H groups in total. The second-order valence-corrected chi connectivity index (χ2v) is 2.05. The smallest absolute Gasteiger partial charge is 0.417 e. The summed E-state index contributed by atoms with van der Waals surface area (Å²) >= 11 is 0. The predicted molar refractivity (Wildman–Crippen MR) is 32.0 cm³/mol. The van der Waals surface area contributed by atoms with Crippen LogP contribution in [0.2, 0.25) is 0 Å². The molecule has 0 aliphatic heterocycles. The zero-order valence-electron chi connectivity index (χ0n) is 5.95. The first kappa shape index (κ1) is 6.64. The van der Waals surface area contributed by atoms with Gasteiger partial charge in [0.05, 0.1) is 5.10 Å². The Balaban J connectivity index is 2.88. The van der Waals surface area contributed by atoms with Crippen LogP contribution in [0.25, 0.3) is 11.3 Å². The van der Waals surface area contributed by atoms with Gasteiger partial charge in [-0.25, -0.2) is 0 Å². The summed E-state index contributed by atoms with van der Waals surface area (Å²) in [5, 5.41) is 34.8. The molecule has 0 atom stereocenters. The molecule has 2 rings (SSSR count). The Morgan fingerprint density at radius 2 is 2.08 bits per heavy atom. The van der Waals surface area contributed by atoms with Crippen LogP contribution < -0.4 is 9.80 Å². The van der Waals surface area contributed by atoms with E-state index in [2.05, 4.69) is 20.5 Å². The molecule has 9 nitrogen and oxygen atoms in total. The first-order valence-electron chi connectivity index (χ1n) is 2.96. The van der Waals surface area contributed by atoms with E-state index in [1.807, 2.05) is 0 Å². The highest BCUT2D eigenvalue weighted by atomic mass is 16.6. The second-order valence-electron chi connectivity index (χ2n) is 2.05. The average Bonchev–Trinajstić information content (AvgIpc) is 2.29. The molecule has 0 radical (unpaired) electrons. The number of fused-ring (bicyclic) bond motifs is 1. The van der Waals surface area contributed by atoms with Crippen molar-refractivity contribution in [2.24, 2.45) is 7.05 Å². The van der Waals surface area contributed by atoms with Crippen molar-refractivity contribution >= 4 is 11.3 Å². The number of rotatable bonds is 0. The minimum atomic E-state index is -0.107. The fourth-order valence-corrected chi connectivity index (χ4v) is 0.787. The van der Waals surface area contributed by atoms with Gasteiger partial charge < -0.3 is 10.4 Å². The van der Waals surface area contributed by atoms with Crippen molar-refractivity contribution in [3.8, 4) is 0 Å². The quantitative estimate of drug-likeness (QED) is 0.307. The Morgan fingerprint density at radius 1 is 1.33 bits per heavy atom. The van der Waals surface area contributed by atoms with Crippen LogP contribution in [0.3, 0.4) is 0 Å². The molecule has 0 aromatic carbocycles. The molecule has 62 valence electrons. The summed E-state index contributed by atoms with van der Waals surface area (Å²) in [6.45, 7) is 0. The molecule has 0 unspecified atom stereocenters. The molecule has 0 aliphatic carbocycles. The van der Waals surface area contributed by atoms with Gasteiger partial charge in [-0.3, -0.25) is 0 Å². The van der Waals surface area contributed by atoms with Gasteiger partial charge in [0.25, 0.3) is 0 Å². The SMILES string of the molecule is Cn1nc2n[n+]([O-])n[n+]([O-])c2n1. The molecule has 0 saturated heterocycles. The van der Waals surface area contributed by atoms with Crippen LogP contribution in [-0.4, -0.2) is 25.3 Å². The topological polar surface area (TPSA) is 110 Å². The van der Waals surface area contributed by atoms with Crippen molar-refractivity contribution in [3.63, 3.8) is 0 Å². The lowest BCUT2D eigenvalue weighted by molar-refractivity contribution is -0.864. The minimum absolute atomic E-state index is 0.0301. The van der Waals surface area contributed by atoms with Crippen LogP contribution in [-0.2, 0) is 7.05 Å². The maximum atomic E-state index is 10.8. The largest absolute Gasteiger partial charge is 0.588 e. The highest BCUT2D eigenvalue weighted by molar-refractivity contribution is 5.57. The molecular formula is C3H3N7O2. The first-order valence-corrected chi connectivity index (χ1v) is 2.96. The Hall–Kier alpha value is -2.06. The van der Waals surface area contributed by atoms with Gasteiger partial charge in [-0.1, -0.05) is 5.10 Å². The standard InChI is InChI=1S/C3H3N7O2/c1-8-4-2-3(6-8)9(11)7-10(12)5-2/h1H3. The highest BCUT2D eigenvalue weighted by Crippen LogP contribution is 1.92. The highest BCUT2D eigenvalue weighted by Gasteiger charge is 2.18. The number of hydrogen-bond acceptors (Lipinski definition) is 6. The number of nitrogens with zero attached hydrogens (tertiary/aromatic N) is 7. The molecule has 0 saturated carbocycles. The molecule has 2 aromatic rings. The summed E-state index contributed by atoms with van der Waals surface area (Å²) in [7, 11) is 1.51. The Labute approximate surface area is 65.0 Å². The van der Waals surface area contributed by atoms with E-state index in [4.69, 9.17) is 0 Å². The van der Waals surface area contributed by atoms with Gasteiger partial charge in [0.15, 0.2) is 0 Å². The molecule has 2 heterocycles. The number of aryl methyl sites for hydroxylation is 1. The Kier molecular flexibility index (Phi) is 1.09. The lowest BCUT2D eigenvalue weighted by Gasteiger charge is -1.86. The molecule has 0 fully saturated rings. The number of aromatic nitrogens is 7. The van der Waals surface area contributed by atoms with Gasteiger partial charge in [-0.2, -0.15) is 4.80 Å². The third-order valence-electron chi connectivity index (χ3n) is 1.20. The zero-order valence-corrected chi connectivity index (χ0v) is 5.95. The lowest BCUT2D eigenvalue weighted by Crippen LogP contribution is -2.50. The molecule has 9 heteroatoms. The van der Waals surface area contributed by atoms with Crippen LogP contribution >= 0.6 is 0 Å². The van der Waals surface area contributed by atoms with Gasteiger partial charge in [0.1, 0.15) is 4.96 Å². The monoisotopic (exact) mass is 169 g/mol. The van der Waals surface area contributed by atoms with Crippen LogP contribution in [0.1, 0.15) is 0 Å². The van der Waals surface area contributed by atoms with Crippen LogP contribution in [0.5, 0.6) is 0 Å². The summed E-state index contributed by atoms with van der Waals surface area (Å²) in [6.07, 6.45) is 0. The normalized spacial score (nSPS) is 10.8. The van der Waals surface area contributed by atoms with Crippen molar-refractivity contribution < 1.29 is 9.80 Å². The van der Waals surface area contributed by atoms with Crippen LogP contribution in [0.4, 0.5) is 0 Å². The molecule has 0 amide bonds. The third kappa shape index (κ3) is 0.794. The van der Waals surface area contributed by atoms with E-state index in [1.54, 1.807) is 0 Å². The maximum Gasteiger partial charge on any atom is 0.417 e. The maximum absolute atomic E-state index is 10.8. The van der Waals surface area contributed by atoms with E-state index in [9.17, 15) is 10.4 Å². The van der Waals surface area contributed by atoms with Crippen molar-refractivity contribution in [3.05, 3.63) is 10.4 Å². The Bertz CT molecular complexity index is 435. The molecular weight excluding hydrogens is 166 g/mol. The van der Waals surface area contributed by atoms with E-state index >= 15 is 0 Å². The molecule has 0 bridgehead atoms. The third-order valence-corrected chi connectivity index (χ3v) is 1.20. The fourth-order valence-electron chi connectivity index (χ4n) is 0.787. The van der Waals surface area contributed by atoms with Gasteiger partial charge in [-0.15, -0.1) is 5.10 Å². The lowest BCUT2D eigenvalue weighted by atomic mass is 10.8. The van der Waals surface area contributed by atoms with Crippen LogP contribution in [0.15, 0.2) is 0 Å². The van der Waals surface area contributed by atoms with E-state index in [-0.39, 0.29) is 21.1 Å². The van der Waals surface area contributed by atoms with Crippen molar-refractivity contribution in [2.75, 3.05) is 0 Å². The van der Waals surface area contributed by atoms with Gasteiger partial charge >= 0.3 is 16.5 Å². The summed E-state index contributed by atoms with van der Waals surface area (Å²) < 4.78 is 0. The van der Waals surface area contributed by atoms with Crippen molar-refractivity contribution in [1.29, 1.82) is 0 Å². The zero-order chi connectivity index (χ0) is 8.72. The molecule has 0 aliphatic rings. The van der Waals surface area contributed by atoms with Gasteiger partial charge in [0.2, 0.25) is 0 Å². The number of hydrogen-bond donors (Lipinski definition) is 0. The summed E-state index contributed by atoms with van der Waals surface area (Å²) in [5.74, 6) is 0. The summed E-state index contributed by atoms with van der Waals surface area (Å²) in [5.41, 5.74) is -0.109.